The van der Waals surface area contributed by atoms with E-state index in [1.807, 2.05) is 0 Å². The number of rotatable bonds is 4. The maximum atomic E-state index is 11.0. The Bertz CT molecular complexity index is 348. The minimum Gasteiger partial charge on any atom is -0.301 e. The van der Waals surface area contributed by atoms with Crippen molar-refractivity contribution in [3.8, 4) is 0 Å². The van der Waals surface area contributed by atoms with Gasteiger partial charge in [0, 0.05) is 18.0 Å². The zero-order valence-corrected chi connectivity index (χ0v) is 8.85. The van der Waals surface area contributed by atoms with Gasteiger partial charge in [0.1, 0.15) is 5.78 Å². The maximum Gasteiger partial charge on any atom is 0.225 e. The largest absolute Gasteiger partial charge is 0.301 e. The summed E-state index contributed by atoms with van der Waals surface area (Å²) >= 11 is 1.09. The number of carbonyl (C=O) groups excluding carboxylic acids is 2. The van der Waals surface area contributed by atoms with Crippen molar-refractivity contribution in [2.45, 2.75) is 26.7 Å². The summed E-state index contributed by atoms with van der Waals surface area (Å²) in [4.78, 5) is 25.7. The molecule has 0 atom stereocenters. The van der Waals surface area contributed by atoms with Gasteiger partial charge in [-0.1, -0.05) is 6.92 Å². The molecule has 0 bridgehead atoms. The first kappa shape index (κ1) is 10.8. The third kappa shape index (κ3) is 3.21. The molecule has 0 saturated carbocycles. The zero-order valence-electron chi connectivity index (χ0n) is 8.03. The van der Waals surface area contributed by atoms with Crippen LogP contribution in [0.5, 0.6) is 0 Å². The number of carbonyl (C=O) groups is 2. The Kier molecular flexibility index (Phi) is 3.70. The van der Waals surface area contributed by atoms with Crippen LogP contribution in [0.1, 0.15) is 26.1 Å². The minimum atomic E-state index is -0.101. The highest BCUT2D eigenvalue weighted by molar-refractivity contribution is 7.09. The number of nitrogens with zero attached hydrogens (tertiary/aromatic N) is 2. The van der Waals surface area contributed by atoms with Crippen LogP contribution in [0, 0.1) is 0 Å². The predicted octanol–water partition coefficient (Wildman–Crippen LogP) is 1.02. The second-order valence-electron chi connectivity index (χ2n) is 2.80. The molecule has 1 heterocycles. The summed E-state index contributed by atoms with van der Waals surface area (Å²) in [6.45, 7) is 3.23. The number of Topliss-reactive ketones (excluding diaryl/α,β-unsaturated/α-hetero) is 1. The average molecular weight is 213 g/mol. The molecule has 1 amide bonds. The van der Waals surface area contributed by atoms with Crippen LogP contribution >= 0.6 is 11.5 Å². The Balaban J connectivity index is 2.59. The van der Waals surface area contributed by atoms with Crippen molar-refractivity contribution in [2.24, 2.45) is 0 Å². The van der Waals surface area contributed by atoms with Gasteiger partial charge in [-0.3, -0.25) is 9.59 Å². The van der Waals surface area contributed by atoms with E-state index in [9.17, 15) is 9.59 Å². The van der Waals surface area contributed by atoms with Gasteiger partial charge in [0.15, 0.2) is 5.82 Å². The molecule has 0 radical (unpaired) electrons. The fraction of sp³-hybridized carbons (Fsp3) is 0.500. The van der Waals surface area contributed by atoms with Gasteiger partial charge in [-0.05, 0) is 6.92 Å². The van der Waals surface area contributed by atoms with Crippen molar-refractivity contribution in [1.82, 2.24) is 9.36 Å². The van der Waals surface area contributed by atoms with Crippen LogP contribution in [0.15, 0.2) is 0 Å². The molecule has 0 aliphatic carbocycles. The molecule has 0 aliphatic rings. The van der Waals surface area contributed by atoms with E-state index in [1.54, 1.807) is 6.92 Å². The normalized spacial score (nSPS) is 9.86. The lowest BCUT2D eigenvalue weighted by Crippen LogP contribution is -2.09. The van der Waals surface area contributed by atoms with Crippen LogP contribution < -0.4 is 5.32 Å². The van der Waals surface area contributed by atoms with Gasteiger partial charge in [0.05, 0.1) is 6.42 Å². The summed E-state index contributed by atoms with van der Waals surface area (Å²) in [7, 11) is 0. The fourth-order valence-electron chi connectivity index (χ4n) is 0.807. The van der Waals surface area contributed by atoms with Crippen LogP contribution in [0.4, 0.5) is 5.13 Å². The van der Waals surface area contributed by atoms with Gasteiger partial charge >= 0.3 is 0 Å². The van der Waals surface area contributed by atoms with Gasteiger partial charge < -0.3 is 5.32 Å². The van der Waals surface area contributed by atoms with Crippen LogP contribution in [-0.2, 0) is 16.0 Å². The quantitative estimate of drug-likeness (QED) is 0.810. The molecule has 1 aromatic rings. The van der Waals surface area contributed by atoms with Crippen molar-refractivity contribution in [2.75, 3.05) is 5.32 Å². The Morgan fingerprint density at radius 1 is 1.50 bits per heavy atom. The molecule has 1 rings (SSSR count). The van der Waals surface area contributed by atoms with Crippen molar-refractivity contribution in [3.63, 3.8) is 0 Å². The first-order valence-corrected chi connectivity index (χ1v) is 5.01. The van der Waals surface area contributed by atoms with E-state index >= 15 is 0 Å². The van der Waals surface area contributed by atoms with E-state index in [1.165, 1.54) is 6.92 Å². The Morgan fingerprint density at radius 2 is 2.21 bits per heavy atom. The monoisotopic (exact) mass is 213 g/mol. The Hall–Kier alpha value is -1.30. The summed E-state index contributed by atoms with van der Waals surface area (Å²) in [5, 5.41) is 3.03. The van der Waals surface area contributed by atoms with Crippen LogP contribution in [-0.4, -0.2) is 21.0 Å². The molecule has 5 nitrogen and oxygen atoms in total. The SMILES string of the molecule is CCC(=O)Nc1nc(CC(C)=O)ns1. The number of hydrogen-bond donors (Lipinski definition) is 1. The molecule has 6 heteroatoms. The summed E-state index contributed by atoms with van der Waals surface area (Å²) in [5.74, 6) is 0.376. The van der Waals surface area contributed by atoms with Crippen molar-refractivity contribution in [3.05, 3.63) is 5.82 Å². The van der Waals surface area contributed by atoms with Crippen LogP contribution in [0.3, 0.4) is 0 Å². The summed E-state index contributed by atoms with van der Waals surface area (Å²) in [5.41, 5.74) is 0. The molecule has 0 unspecified atom stereocenters. The molecular formula is C8H11N3O2S. The van der Waals surface area contributed by atoms with Crippen LogP contribution in [0.25, 0.3) is 0 Å². The highest BCUT2D eigenvalue weighted by Gasteiger charge is 2.07. The lowest BCUT2D eigenvalue weighted by molar-refractivity contribution is -0.117. The minimum absolute atomic E-state index is 0.0103. The lowest BCUT2D eigenvalue weighted by atomic mass is 10.3. The third-order valence-corrected chi connectivity index (χ3v) is 2.11. The first-order chi connectivity index (χ1) is 6.61. The number of amides is 1. The average Bonchev–Trinajstić information content (AvgIpc) is 2.51. The van der Waals surface area contributed by atoms with E-state index in [2.05, 4.69) is 14.7 Å². The van der Waals surface area contributed by atoms with Gasteiger partial charge in [-0.25, -0.2) is 4.98 Å². The molecular weight excluding hydrogens is 202 g/mol. The number of anilines is 1. The third-order valence-electron chi connectivity index (χ3n) is 1.44. The highest BCUT2D eigenvalue weighted by atomic mass is 32.1. The predicted molar refractivity (Wildman–Crippen MR) is 53.2 cm³/mol. The fourth-order valence-corrected chi connectivity index (χ4v) is 1.41. The maximum absolute atomic E-state index is 11.0. The van der Waals surface area contributed by atoms with E-state index in [0.29, 0.717) is 17.4 Å². The van der Waals surface area contributed by atoms with Gasteiger partial charge in [-0.2, -0.15) is 4.37 Å². The molecule has 1 aromatic heterocycles. The summed E-state index contributed by atoms with van der Waals surface area (Å²) < 4.78 is 3.94. The second kappa shape index (κ2) is 4.80. The Labute approximate surface area is 85.7 Å². The molecule has 0 fully saturated rings. The van der Waals surface area contributed by atoms with Gasteiger partial charge in [-0.15, -0.1) is 0 Å². The molecule has 1 N–H and O–H groups in total. The molecule has 0 spiro atoms. The summed E-state index contributed by atoms with van der Waals surface area (Å²) in [6.07, 6.45) is 0.625. The Morgan fingerprint density at radius 3 is 2.79 bits per heavy atom. The van der Waals surface area contributed by atoms with Crippen molar-refractivity contribution >= 4 is 28.4 Å². The van der Waals surface area contributed by atoms with E-state index in [0.717, 1.165) is 11.5 Å². The number of aromatic nitrogens is 2. The smallest absolute Gasteiger partial charge is 0.225 e. The number of ketones is 1. The first-order valence-electron chi connectivity index (χ1n) is 4.23. The van der Waals surface area contributed by atoms with Crippen molar-refractivity contribution in [1.29, 1.82) is 0 Å². The number of hydrogen-bond acceptors (Lipinski definition) is 5. The molecule has 0 aliphatic heterocycles. The van der Waals surface area contributed by atoms with Gasteiger partial charge in [0.25, 0.3) is 0 Å². The molecule has 76 valence electrons. The molecule has 0 saturated heterocycles. The second-order valence-corrected chi connectivity index (χ2v) is 3.55. The van der Waals surface area contributed by atoms with E-state index in [4.69, 9.17) is 0 Å². The molecule has 0 aromatic carbocycles. The zero-order chi connectivity index (χ0) is 10.6. The van der Waals surface area contributed by atoms with Crippen LogP contribution in [0.2, 0.25) is 0 Å². The van der Waals surface area contributed by atoms with Crippen molar-refractivity contribution < 1.29 is 9.59 Å². The summed E-state index contributed by atoms with van der Waals surface area (Å²) in [6, 6.07) is 0. The standard InChI is InChI=1S/C8H11N3O2S/c1-3-7(13)10-8-9-6(11-14-8)4-5(2)12/h3-4H2,1-2H3,(H,9,10,11,13). The van der Waals surface area contributed by atoms with E-state index < -0.39 is 0 Å². The molecule has 14 heavy (non-hydrogen) atoms. The highest BCUT2D eigenvalue weighted by Crippen LogP contribution is 2.11. The number of nitrogens with one attached hydrogen (secondary N) is 1. The topological polar surface area (TPSA) is 72.0 Å². The van der Waals surface area contributed by atoms with E-state index in [-0.39, 0.29) is 18.1 Å². The lowest BCUT2D eigenvalue weighted by Gasteiger charge is -1.94. The van der Waals surface area contributed by atoms with Gasteiger partial charge in [0.2, 0.25) is 11.0 Å².